The van der Waals surface area contributed by atoms with E-state index in [2.05, 4.69) is 6.58 Å². The lowest BCUT2D eigenvalue weighted by molar-refractivity contribution is 0.232. The average molecular weight is 218 g/mol. The fourth-order valence-corrected chi connectivity index (χ4v) is 3.36. The summed E-state index contributed by atoms with van der Waals surface area (Å²) in [6.45, 7) is 4.16. The van der Waals surface area contributed by atoms with Gasteiger partial charge in [0.2, 0.25) is 0 Å². The molecule has 0 atom stereocenters. The molecule has 0 aliphatic carbocycles. The molecule has 82 valence electrons. The molecule has 3 nitrogen and oxygen atoms in total. The van der Waals surface area contributed by atoms with Crippen molar-refractivity contribution < 1.29 is 13.2 Å². The third-order valence-electron chi connectivity index (χ3n) is 2.67. The van der Waals surface area contributed by atoms with E-state index in [0.29, 0.717) is 24.0 Å². The van der Waals surface area contributed by atoms with Crippen LogP contribution in [-0.4, -0.2) is 26.5 Å². The van der Waals surface area contributed by atoms with Crippen molar-refractivity contribution in [3.63, 3.8) is 0 Å². The van der Waals surface area contributed by atoms with Crippen LogP contribution in [0.4, 0.5) is 0 Å². The van der Waals surface area contributed by atoms with Crippen molar-refractivity contribution >= 4 is 9.84 Å². The lowest BCUT2D eigenvalue weighted by Gasteiger charge is -2.21. The highest BCUT2D eigenvalue weighted by Crippen LogP contribution is 2.22. The molecule has 14 heavy (non-hydrogen) atoms. The van der Waals surface area contributed by atoms with E-state index in [0.717, 1.165) is 25.7 Å². The third kappa shape index (κ3) is 4.13. The molecular formula is C10H18O3S. The highest BCUT2D eigenvalue weighted by atomic mass is 32.2. The third-order valence-corrected chi connectivity index (χ3v) is 4.38. The van der Waals surface area contributed by atoms with Crippen molar-refractivity contribution in [2.75, 3.05) is 18.1 Å². The fraction of sp³-hybridized carbons (Fsp3) is 0.800. The molecule has 1 heterocycles. The predicted molar refractivity (Wildman–Crippen MR) is 56.8 cm³/mol. The van der Waals surface area contributed by atoms with Gasteiger partial charge in [-0.3, -0.25) is 0 Å². The van der Waals surface area contributed by atoms with Crippen molar-refractivity contribution in [1.29, 1.82) is 0 Å². The molecule has 1 aliphatic rings. The first kappa shape index (κ1) is 11.6. The number of sulfone groups is 1. The summed E-state index contributed by atoms with van der Waals surface area (Å²) in [5, 5.41) is 0. The normalized spacial score (nSPS) is 21.7. The molecule has 1 saturated heterocycles. The standard InChI is InChI=1S/C10H18O3S/c1-2-13-7-3-4-10-5-8-14(11,12)9-6-10/h2,10H,1,3-9H2. The minimum Gasteiger partial charge on any atom is -0.502 e. The van der Waals surface area contributed by atoms with Crippen LogP contribution >= 0.6 is 0 Å². The highest BCUT2D eigenvalue weighted by molar-refractivity contribution is 7.91. The minimum atomic E-state index is -2.70. The Hall–Kier alpha value is -0.510. The molecule has 4 heteroatoms. The Morgan fingerprint density at radius 2 is 2.00 bits per heavy atom. The van der Waals surface area contributed by atoms with E-state index < -0.39 is 9.84 Å². The second-order valence-electron chi connectivity index (χ2n) is 3.77. The van der Waals surface area contributed by atoms with Gasteiger partial charge in [0.05, 0.1) is 24.4 Å². The van der Waals surface area contributed by atoms with E-state index in [4.69, 9.17) is 4.74 Å². The number of hydrogen-bond donors (Lipinski definition) is 0. The van der Waals surface area contributed by atoms with E-state index in [-0.39, 0.29) is 0 Å². The zero-order chi connectivity index (χ0) is 10.4. The summed E-state index contributed by atoms with van der Waals surface area (Å²) in [5.74, 6) is 1.33. The molecule has 0 unspecified atom stereocenters. The van der Waals surface area contributed by atoms with Crippen LogP contribution in [0, 0.1) is 5.92 Å². The van der Waals surface area contributed by atoms with Gasteiger partial charge in [-0.15, -0.1) is 0 Å². The quantitative estimate of drug-likeness (QED) is 0.521. The Bertz CT molecular complexity index is 255. The summed E-state index contributed by atoms with van der Waals surface area (Å²) in [7, 11) is -2.70. The summed E-state index contributed by atoms with van der Waals surface area (Å²) in [6.07, 6.45) is 5.18. The second-order valence-corrected chi connectivity index (χ2v) is 6.08. The maximum Gasteiger partial charge on any atom is 0.150 e. The zero-order valence-corrected chi connectivity index (χ0v) is 9.26. The van der Waals surface area contributed by atoms with Crippen molar-refractivity contribution in [2.24, 2.45) is 5.92 Å². The number of ether oxygens (including phenoxy) is 1. The van der Waals surface area contributed by atoms with Crippen molar-refractivity contribution in [2.45, 2.75) is 25.7 Å². The van der Waals surface area contributed by atoms with Gasteiger partial charge in [-0.25, -0.2) is 8.42 Å². The minimum absolute atomic E-state index is 0.375. The molecular weight excluding hydrogens is 200 g/mol. The van der Waals surface area contributed by atoms with Crippen LogP contribution < -0.4 is 0 Å². The number of hydrogen-bond acceptors (Lipinski definition) is 3. The van der Waals surface area contributed by atoms with Gasteiger partial charge in [0.25, 0.3) is 0 Å². The Morgan fingerprint density at radius 3 is 2.57 bits per heavy atom. The average Bonchev–Trinajstić information content (AvgIpc) is 2.15. The van der Waals surface area contributed by atoms with Gasteiger partial charge in [0, 0.05) is 0 Å². The predicted octanol–water partition coefficient (Wildman–Crippen LogP) is 1.75. The van der Waals surface area contributed by atoms with E-state index in [1.807, 2.05) is 0 Å². The van der Waals surface area contributed by atoms with Crippen LogP contribution in [0.1, 0.15) is 25.7 Å². The molecule has 1 aliphatic heterocycles. The summed E-state index contributed by atoms with van der Waals surface area (Å²) in [4.78, 5) is 0. The first-order chi connectivity index (χ1) is 6.64. The van der Waals surface area contributed by atoms with E-state index >= 15 is 0 Å². The van der Waals surface area contributed by atoms with Gasteiger partial charge in [-0.05, 0) is 31.6 Å². The van der Waals surface area contributed by atoms with Crippen LogP contribution in [-0.2, 0) is 14.6 Å². The molecule has 0 amide bonds. The van der Waals surface area contributed by atoms with Crippen LogP contribution in [0.25, 0.3) is 0 Å². The van der Waals surface area contributed by atoms with E-state index in [9.17, 15) is 8.42 Å². The zero-order valence-electron chi connectivity index (χ0n) is 8.44. The van der Waals surface area contributed by atoms with Gasteiger partial charge in [-0.1, -0.05) is 6.58 Å². The fourth-order valence-electron chi connectivity index (χ4n) is 1.77. The first-order valence-corrected chi connectivity index (χ1v) is 6.89. The van der Waals surface area contributed by atoms with Crippen molar-refractivity contribution in [3.05, 3.63) is 12.8 Å². The summed E-state index contributed by atoms with van der Waals surface area (Å²) >= 11 is 0. The highest BCUT2D eigenvalue weighted by Gasteiger charge is 2.22. The van der Waals surface area contributed by atoms with Gasteiger partial charge in [-0.2, -0.15) is 0 Å². The molecule has 1 fully saturated rings. The topological polar surface area (TPSA) is 43.4 Å². The molecule has 0 aromatic carbocycles. The first-order valence-electron chi connectivity index (χ1n) is 5.07. The molecule has 0 spiro atoms. The Balaban J connectivity index is 2.13. The molecule has 0 saturated carbocycles. The lowest BCUT2D eigenvalue weighted by Crippen LogP contribution is -2.23. The molecule has 0 N–H and O–H groups in total. The Kier molecular flexibility index (Phi) is 4.45. The van der Waals surface area contributed by atoms with Gasteiger partial charge in [0.1, 0.15) is 9.84 Å². The maximum absolute atomic E-state index is 11.1. The van der Waals surface area contributed by atoms with Gasteiger partial charge in [0.15, 0.2) is 0 Å². The van der Waals surface area contributed by atoms with Crippen LogP contribution in [0.2, 0.25) is 0 Å². The van der Waals surface area contributed by atoms with Crippen LogP contribution in [0.15, 0.2) is 12.8 Å². The molecule has 0 radical (unpaired) electrons. The maximum atomic E-state index is 11.1. The van der Waals surface area contributed by atoms with Crippen molar-refractivity contribution in [3.8, 4) is 0 Å². The van der Waals surface area contributed by atoms with Crippen LogP contribution in [0.3, 0.4) is 0 Å². The molecule has 0 aromatic heterocycles. The summed E-state index contributed by atoms with van der Waals surface area (Å²) in [6, 6.07) is 0. The van der Waals surface area contributed by atoms with Gasteiger partial charge < -0.3 is 4.74 Å². The monoisotopic (exact) mass is 218 g/mol. The number of rotatable bonds is 5. The van der Waals surface area contributed by atoms with E-state index in [1.54, 1.807) is 0 Å². The van der Waals surface area contributed by atoms with Crippen molar-refractivity contribution in [1.82, 2.24) is 0 Å². The lowest BCUT2D eigenvalue weighted by atomic mass is 9.97. The second kappa shape index (κ2) is 5.39. The molecule has 0 bridgehead atoms. The summed E-state index contributed by atoms with van der Waals surface area (Å²) in [5.41, 5.74) is 0. The SMILES string of the molecule is C=COCCCC1CCS(=O)(=O)CC1. The van der Waals surface area contributed by atoms with Crippen LogP contribution in [0.5, 0.6) is 0 Å². The Morgan fingerprint density at radius 1 is 1.36 bits per heavy atom. The summed E-state index contributed by atoms with van der Waals surface area (Å²) < 4.78 is 27.3. The molecule has 0 aromatic rings. The smallest absolute Gasteiger partial charge is 0.150 e. The van der Waals surface area contributed by atoms with E-state index in [1.165, 1.54) is 6.26 Å². The Labute approximate surface area is 86.1 Å². The van der Waals surface area contributed by atoms with Gasteiger partial charge >= 0.3 is 0 Å². The largest absolute Gasteiger partial charge is 0.502 e. The molecule has 1 rings (SSSR count).